The van der Waals surface area contributed by atoms with Gasteiger partial charge in [-0.3, -0.25) is 0 Å². The molecule has 3 rings (SSSR count). The van der Waals surface area contributed by atoms with E-state index in [1.165, 1.54) is 18.9 Å². The summed E-state index contributed by atoms with van der Waals surface area (Å²) in [6.45, 7) is 0. The van der Waals surface area contributed by atoms with Gasteiger partial charge in [-0.2, -0.15) is 11.8 Å². The maximum absolute atomic E-state index is 13.5. The predicted molar refractivity (Wildman–Crippen MR) is 82.3 cm³/mol. The van der Waals surface area contributed by atoms with Gasteiger partial charge in [-0.15, -0.1) is 0 Å². The highest BCUT2D eigenvalue weighted by Gasteiger charge is 2.29. The van der Waals surface area contributed by atoms with Crippen LogP contribution < -0.4 is 0 Å². The van der Waals surface area contributed by atoms with Gasteiger partial charge in [0.2, 0.25) is 0 Å². The number of imidazole rings is 1. The number of rotatable bonds is 2. The van der Waals surface area contributed by atoms with Crippen molar-refractivity contribution < 1.29 is 4.39 Å². The van der Waals surface area contributed by atoms with Gasteiger partial charge in [0.15, 0.2) is 4.77 Å². The van der Waals surface area contributed by atoms with Gasteiger partial charge in [0.1, 0.15) is 5.82 Å². The van der Waals surface area contributed by atoms with Crippen molar-refractivity contribution in [3.63, 3.8) is 0 Å². The van der Waals surface area contributed by atoms with E-state index in [0.717, 1.165) is 17.5 Å². The number of fused-ring (bicyclic) bond motifs is 1. The number of hydrogen-bond acceptors (Lipinski definition) is 2. The fourth-order valence-corrected chi connectivity index (χ4v) is 4.40. The molecule has 1 aromatic heterocycles. The Labute approximate surface area is 125 Å². The maximum atomic E-state index is 13.5. The fourth-order valence-electron chi connectivity index (χ4n) is 2.93. The van der Waals surface area contributed by atoms with Crippen molar-refractivity contribution in [3.05, 3.63) is 27.7 Å². The van der Waals surface area contributed by atoms with E-state index in [9.17, 15) is 4.39 Å². The lowest BCUT2D eigenvalue weighted by atomic mass is 10.2. The van der Waals surface area contributed by atoms with Crippen LogP contribution in [0.15, 0.2) is 12.1 Å². The van der Waals surface area contributed by atoms with Gasteiger partial charge < -0.3 is 9.55 Å². The average molecular weight is 317 g/mol. The van der Waals surface area contributed by atoms with Gasteiger partial charge in [0.05, 0.1) is 16.1 Å². The molecular weight excluding hydrogens is 303 g/mol. The second-order valence-corrected chi connectivity index (χ2v) is 6.73. The van der Waals surface area contributed by atoms with Crippen LogP contribution in [0.25, 0.3) is 11.0 Å². The summed E-state index contributed by atoms with van der Waals surface area (Å²) in [6.07, 6.45) is 5.66. The molecule has 1 saturated carbocycles. The van der Waals surface area contributed by atoms with Crippen molar-refractivity contribution in [1.82, 2.24) is 9.55 Å². The number of halogens is 2. The zero-order valence-corrected chi connectivity index (χ0v) is 12.8. The number of aromatic amines is 1. The van der Waals surface area contributed by atoms with E-state index in [1.54, 1.807) is 6.07 Å². The molecule has 1 aliphatic carbocycles. The van der Waals surface area contributed by atoms with Crippen molar-refractivity contribution in [3.8, 4) is 0 Å². The van der Waals surface area contributed by atoms with Gasteiger partial charge in [0, 0.05) is 17.4 Å². The van der Waals surface area contributed by atoms with Crippen molar-refractivity contribution in [2.75, 3.05) is 6.26 Å². The highest BCUT2D eigenvalue weighted by molar-refractivity contribution is 7.99. The van der Waals surface area contributed by atoms with E-state index < -0.39 is 5.82 Å². The van der Waals surface area contributed by atoms with Crippen molar-refractivity contribution in [1.29, 1.82) is 0 Å². The summed E-state index contributed by atoms with van der Waals surface area (Å²) in [5.41, 5.74) is 1.63. The molecule has 0 aliphatic heterocycles. The van der Waals surface area contributed by atoms with Gasteiger partial charge in [0.25, 0.3) is 0 Å². The summed E-state index contributed by atoms with van der Waals surface area (Å²) < 4.78 is 16.3. The molecule has 0 spiro atoms. The van der Waals surface area contributed by atoms with Crippen LogP contribution in [-0.2, 0) is 0 Å². The molecule has 2 aromatic rings. The number of hydrogen-bond donors (Lipinski definition) is 1. The number of benzene rings is 1. The first-order valence-electron chi connectivity index (χ1n) is 6.24. The minimum atomic E-state index is -0.412. The lowest BCUT2D eigenvalue weighted by Gasteiger charge is -2.20. The summed E-state index contributed by atoms with van der Waals surface area (Å²) in [4.78, 5) is 3.09. The first-order valence-corrected chi connectivity index (χ1v) is 8.31. The van der Waals surface area contributed by atoms with Crippen LogP contribution >= 0.6 is 35.6 Å². The number of nitrogens with zero attached hydrogens (tertiary/aromatic N) is 1. The molecule has 2 atom stereocenters. The van der Waals surface area contributed by atoms with Crippen molar-refractivity contribution in [2.45, 2.75) is 30.6 Å². The number of H-pyrrole nitrogens is 1. The Balaban J connectivity index is 2.20. The van der Waals surface area contributed by atoms with Crippen LogP contribution in [0.3, 0.4) is 0 Å². The molecule has 2 unspecified atom stereocenters. The van der Waals surface area contributed by atoms with E-state index in [1.807, 2.05) is 11.8 Å². The number of thioether (sulfide) groups is 1. The fraction of sp³-hybridized carbons (Fsp3) is 0.462. The van der Waals surface area contributed by atoms with Crippen LogP contribution in [-0.4, -0.2) is 21.1 Å². The molecule has 0 radical (unpaired) electrons. The van der Waals surface area contributed by atoms with E-state index >= 15 is 0 Å². The Morgan fingerprint density at radius 2 is 2.26 bits per heavy atom. The van der Waals surface area contributed by atoms with Crippen LogP contribution in [0.1, 0.15) is 25.3 Å². The minimum Gasteiger partial charge on any atom is -0.330 e. The second-order valence-electron chi connectivity index (χ2n) is 4.86. The second kappa shape index (κ2) is 5.11. The maximum Gasteiger partial charge on any atom is 0.178 e. The summed E-state index contributed by atoms with van der Waals surface area (Å²) in [5.74, 6) is -0.412. The molecule has 102 valence electrons. The standard InChI is InChI=1S/C13H14ClFN2S2/c1-19-12-4-2-3-10(12)17-11-5-7(14)8(15)6-9(11)16-13(17)18/h5-6,10,12H,2-4H2,1H3,(H,16,18). The lowest BCUT2D eigenvalue weighted by molar-refractivity contribution is 0.536. The van der Waals surface area contributed by atoms with Gasteiger partial charge in [-0.25, -0.2) is 4.39 Å². The number of aromatic nitrogens is 2. The van der Waals surface area contributed by atoms with Gasteiger partial charge in [-0.1, -0.05) is 18.0 Å². The smallest absolute Gasteiger partial charge is 0.178 e. The zero-order valence-electron chi connectivity index (χ0n) is 10.5. The Morgan fingerprint density at radius 3 is 3.00 bits per heavy atom. The summed E-state index contributed by atoms with van der Waals surface area (Å²) in [5, 5.41) is 0.712. The number of nitrogens with one attached hydrogen (secondary N) is 1. The summed E-state index contributed by atoms with van der Waals surface area (Å²) in [7, 11) is 0. The third-order valence-corrected chi connectivity index (χ3v) is 5.55. The highest BCUT2D eigenvalue weighted by atomic mass is 35.5. The Kier molecular flexibility index (Phi) is 3.62. The van der Waals surface area contributed by atoms with Crippen LogP contribution in [0.5, 0.6) is 0 Å². The molecule has 19 heavy (non-hydrogen) atoms. The van der Waals surface area contributed by atoms with E-state index in [-0.39, 0.29) is 5.02 Å². The van der Waals surface area contributed by atoms with Gasteiger partial charge in [-0.05, 0) is 37.4 Å². The topological polar surface area (TPSA) is 20.7 Å². The molecule has 1 aliphatic rings. The molecule has 0 saturated heterocycles. The molecule has 2 nitrogen and oxygen atoms in total. The molecule has 1 fully saturated rings. The van der Waals surface area contributed by atoms with Crippen LogP contribution in [0.2, 0.25) is 5.02 Å². The van der Waals surface area contributed by atoms with E-state index in [2.05, 4.69) is 15.8 Å². The highest BCUT2D eigenvalue weighted by Crippen LogP contribution is 2.39. The zero-order chi connectivity index (χ0) is 13.6. The average Bonchev–Trinajstić information content (AvgIpc) is 2.93. The third-order valence-electron chi connectivity index (χ3n) is 3.81. The normalized spacial score (nSPS) is 23.3. The minimum absolute atomic E-state index is 0.147. The Hall–Kier alpha value is -0.520. The molecular formula is C13H14ClFN2S2. The molecule has 0 bridgehead atoms. The largest absolute Gasteiger partial charge is 0.330 e. The quantitative estimate of drug-likeness (QED) is 0.791. The predicted octanol–water partition coefficient (Wildman–Crippen LogP) is 4.95. The molecule has 1 N–H and O–H groups in total. The molecule has 1 heterocycles. The summed E-state index contributed by atoms with van der Waals surface area (Å²) >= 11 is 13.2. The lowest BCUT2D eigenvalue weighted by Crippen LogP contribution is -2.15. The Morgan fingerprint density at radius 1 is 1.47 bits per heavy atom. The Bertz CT molecular complexity index is 679. The monoisotopic (exact) mass is 316 g/mol. The van der Waals surface area contributed by atoms with Crippen LogP contribution in [0.4, 0.5) is 4.39 Å². The SMILES string of the molecule is CSC1CCCC1n1c(=S)[nH]c2cc(F)c(Cl)cc21. The molecule has 0 amide bonds. The molecule has 6 heteroatoms. The summed E-state index contributed by atoms with van der Waals surface area (Å²) in [6, 6.07) is 3.47. The van der Waals surface area contributed by atoms with Crippen LogP contribution in [0, 0.1) is 10.6 Å². The van der Waals surface area contributed by atoms with E-state index in [0.29, 0.717) is 16.1 Å². The molecule has 1 aromatic carbocycles. The van der Waals surface area contributed by atoms with E-state index in [4.69, 9.17) is 23.8 Å². The van der Waals surface area contributed by atoms with Crippen molar-refractivity contribution in [2.24, 2.45) is 0 Å². The third kappa shape index (κ3) is 2.22. The first-order chi connectivity index (χ1) is 9.11. The first kappa shape index (κ1) is 13.5. The van der Waals surface area contributed by atoms with Gasteiger partial charge >= 0.3 is 0 Å². The van der Waals surface area contributed by atoms with Crippen molar-refractivity contribution >= 4 is 46.6 Å².